The molecule has 0 aliphatic rings. The van der Waals surface area contributed by atoms with E-state index < -0.39 is 11.7 Å². The summed E-state index contributed by atoms with van der Waals surface area (Å²) in [7, 11) is 1.06. The number of hydroxylamine groups is 1. The van der Waals surface area contributed by atoms with Crippen LogP contribution >= 0.6 is 0 Å². The lowest BCUT2D eigenvalue weighted by atomic mass is 10.1. The SMILES string of the molecule is CC(C)(C)O[B]ONC(=O)OC(C)(C)C. The standard InChI is InChI=1S/C9H19BNO4/c1-8(2,3)13-7(12)11-15-10-14-9(4,5)6/h1-6H3,(H,11,12). The average Bonchev–Trinajstić information content (AvgIpc) is 1.92. The molecule has 5 nitrogen and oxygen atoms in total. The Morgan fingerprint density at radius 2 is 1.60 bits per heavy atom. The predicted octanol–water partition coefficient (Wildman–Crippen LogP) is 1.79. The van der Waals surface area contributed by atoms with E-state index in [2.05, 4.69) is 10.2 Å². The Labute approximate surface area is 91.7 Å². The van der Waals surface area contributed by atoms with E-state index in [-0.39, 0.29) is 5.60 Å². The van der Waals surface area contributed by atoms with Gasteiger partial charge in [-0.25, -0.2) is 10.3 Å². The van der Waals surface area contributed by atoms with Crippen molar-refractivity contribution in [3.05, 3.63) is 0 Å². The lowest BCUT2D eigenvalue weighted by molar-refractivity contribution is 0.0174. The van der Waals surface area contributed by atoms with Crippen molar-refractivity contribution in [3.8, 4) is 0 Å². The summed E-state index contributed by atoms with van der Waals surface area (Å²) in [6.07, 6.45) is -0.656. The molecule has 0 saturated carbocycles. The van der Waals surface area contributed by atoms with Gasteiger partial charge in [0.25, 0.3) is 0 Å². The van der Waals surface area contributed by atoms with Crippen LogP contribution in [0.5, 0.6) is 0 Å². The van der Waals surface area contributed by atoms with Crippen molar-refractivity contribution >= 4 is 13.8 Å². The van der Waals surface area contributed by atoms with Crippen LogP contribution in [0.1, 0.15) is 41.5 Å². The van der Waals surface area contributed by atoms with E-state index in [1.165, 1.54) is 0 Å². The molecule has 0 spiro atoms. The molecule has 0 fully saturated rings. The zero-order chi connectivity index (χ0) is 12.1. The van der Waals surface area contributed by atoms with Crippen LogP contribution in [-0.2, 0) is 14.1 Å². The molecule has 0 atom stereocenters. The molecular formula is C9H19BNO4. The first kappa shape index (κ1) is 14.3. The molecule has 0 aliphatic carbocycles. The molecule has 1 amide bonds. The van der Waals surface area contributed by atoms with Crippen LogP contribution in [-0.4, -0.2) is 25.0 Å². The van der Waals surface area contributed by atoms with Crippen molar-refractivity contribution in [1.82, 2.24) is 5.48 Å². The minimum Gasteiger partial charge on any atom is -0.442 e. The first-order valence-corrected chi connectivity index (χ1v) is 4.74. The van der Waals surface area contributed by atoms with E-state index in [0.29, 0.717) is 0 Å². The van der Waals surface area contributed by atoms with Crippen molar-refractivity contribution in [2.75, 3.05) is 0 Å². The summed E-state index contributed by atoms with van der Waals surface area (Å²) in [6, 6.07) is 0. The van der Waals surface area contributed by atoms with Crippen molar-refractivity contribution in [2.45, 2.75) is 52.7 Å². The molecule has 0 unspecified atom stereocenters. The molecule has 0 aromatic carbocycles. The fourth-order valence-electron chi connectivity index (χ4n) is 0.539. The number of nitrogens with one attached hydrogen (secondary N) is 1. The zero-order valence-electron chi connectivity index (χ0n) is 10.2. The van der Waals surface area contributed by atoms with Gasteiger partial charge in [-0.3, -0.25) is 4.76 Å². The molecule has 0 aromatic rings. The second kappa shape index (κ2) is 5.37. The summed E-state index contributed by atoms with van der Waals surface area (Å²) >= 11 is 0. The maximum atomic E-state index is 11.0. The molecule has 1 N–H and O–H groups in total. The Bertz CT molecular complexity index is 207. The molecule has 6 heteroatoms. The summed E-state index contributed by atoms with van der Waals surface area (Å²) in [5.41, 5.74) is 1.18. The molecule has 1 radical (unpaired) electrons. The number of amides is 1. The average molecular weight is 216 g/mol. The maximum Gasteiger partial charge on any atom is 0.514 e. The number of hydrogen-bond acceptors (Lipinski definition) is 4. The first-order chi connectivity index (χ1) is 6.60. The number of carbonyl (C=O) groups is 1. The minimum atomic E-state index is -0.656. The molecule has 87 valence electrons. The van der Waals surface area contributed by atoms with Gasteiger partial charge in [-0.05, 0) is 41.5 Å². The number of rotatable bonds is 3. The van der Waals surface area contributed by atoms with Gasteiger partial charge in [0, 0.05) is 5.60 Å². The number of carbonyl (C=O) groups excluding carboxylic acids is 1. The summed E-state index contributed by atoms with van der Waals surface area (Å²) in [5, 5.41) is 0. The highest BCUT2D eigenvalue weighted by atomic mass is 16.7. The van der Waals surface area contributed by atoms with Gasteiger partial charge in [-0.2, -0.15) is 0 Å². The van der Waals surface area contributed by atoms with Crippen LogP contribution in [0.15, 0.2) is 0 Å². The van der Waals surface area contributed by atoms with E-state index in [0.717, 1.165) is 7.69 Å². The molecule has 0 heterocycles. The fourth-order valence-corrected chi connectivity index (χ4v) is 0.539. The Hall–Kier alpha value is -0.745. The van der Waals surface area contributed by atoms with Gasteiger partial charge in [-0.15, -0.1) is 0 Å². The Kier molecular flexibility index (Phi) is 5.10. The molecule has 0 rings (SSSR count). The maximum absolute atomic E-state index is 11.0. The Morgan fingerprint density at radius 1 is 1.07 bits per heavy atom. The zero-order valence-corrected chi connectivity index (χ0v) is 10.2. The van der Waals surface area contributed by atoms with Crippen molar-refractivity contribution in [1.29, 1.82) is 0 Å². The lowest BCUT2D eigenvalue weighted by Gasteiger charge is -2.21. The van der Waals surface area contributed by atoms with Gasteiger partial charge in [0.15, 0.2) is 0 Å². The van der Waals surface area contributed by atoms with Gasteiger partial charge in [0.1, 0.15) is 5.60 Å². The first-order valence-electron chi connectivity index (χ1n) is 4.74. The van der Waals surface area contributed by atoms with Gasteiger partial charge < -0.3 is 9.39 Å². The van der Waals surface area contributed by atoms with E-state index in [1.807, 2.05) is 20.8 Å². The van der Waals surface area contributed by atoms with Gasteiger partial charge >= 0.3 is 13.8 Å². The monoisotopic (exact) mass is 216 g/mol. The van der Waals surface area contributed by atoms with Crippen LogP contribution in [0.4, 0.5) is 4.79 Å². The van der Waals surface area contributed by atoms with Crippen LogP contribution in [0, 0.1) is 0 Å². The topological polar surface area (TPSA) is 56.8 Å². The van der Waals surface area contributed by atoms with E-state index in [1.54, 1.807) is 20.8 Å². The molecule has 0 bridgehead atoms. The highest BCUT2D eigenvalue weighted by Crippen LogP contribution is 2.07. The normalized spacial score (nSPS) is 12.1. The summed E-state index contributed by atoms with van der Waals surface area (Å²) in [6.45, 7) is 10.9. The van der Waals surface area contributed by atoms with Gasteiger partial charge in [0.2, 0.25) is 0 Å². The van der Waals surface area contributed by atoms with Crippen molar-refractivity contribution in [3.63, 3.8) is 0 Å². The van der Waals surface area contributed by atoms with Crippen molar-refractivity contribution < 1.29 is 18.9 Å². The second-order valence-corrected chi connectivity index (χ2v) is 5.05. The summed E-state index contributed by atoms with van der Waals surface area (Å²) in [4.78, 5) is 11.0. The number of hydrogen-bond donors (Lipinski definition) is 1. The molecule has 0 aliphatic heterocycles. The highest BCUT2D eigenvalue weighted by molar-refractivity contribution is 6.18. The number of ether oxygens (including phenoxy) is 1. The highest BCUT2D eigenvalue weighted by Gasteiger charge is 2.17. The van der Waals surface area contributed by atoms with E-state index in [4.69, 9.17) is 9.39 Å². The molecule has 0 saturated heterocycles. The van der Waals surface area contributed by atoms with E-state index in [9.17, 15) is 4.79 Å². The molecule has 15 heavy (non-hydrogen) atoms. The third kappa shape index (κ3) is 11.2. The van der Waals surface area contributed by atoms with Crippen LogP contribution < -0.4 is 5.48 Å². The Morgan fingerprint density at radius 3 is 2.00 bits per heavy atom. The lowest BCUT2D eigenvalue weighted by Crippen LogP contribution is -2.35. The van der Waals surface area contributed by atoms with Crippen LogP contribution in [0.3, 0.4) is 0 Å². The third-order valence-electron chi connectivity index (χ3n) is 0.991. The smallest absolute Gasteiger partial charge is 0.442 e. The quantitative estimate of drug-likeness (QED) is 0.444. The Balaban J connectivity index is 3.57. The van der Waals surface area contributed by atoms with Gasteiger partial charge in [0.05, 0.1) is 0 Å². The van der Waals surface area contributed by atoms with Crippen LogP contribution in [0.2, 0.25) is 0 Å². The largest absolute Gasteiger partial charge is 0.514 e. The minimum absolute atomic E-state index is 0.352. The third-order valence-corrected chi connectivity index (χ3v) is 0.991. The van der Waals surface area contributed by atoms with Gasteiger partial charge in [-0.1, -0.05) is 0 Å². The molecular weight excluding hydrogens is 197 g/mol. The van der Waals surface area contributed by atoms with Crippen LogP contribution in [0.25, 0.3) is 0 Å². The summed E-state index contributed by atoms with van der Waals surface area (Å²) in [5.74, 6) is 0. The fraction of sp³-hybridized carbons (Fsp3) is 0.889. The predicted molar refractivity (Wildman–Crippen MR) is 57.0 cm³/mol. The molecule has 0 aromatic heterocycles. The van der Waals surface area contributed by atoms with Crippen molar-refractivity contribution in [2.24, 2.45) is 0 Å². The second-order valence-electron chi connectivity index (χ2n) is 5.05. The van der Waals surface area contributed by atoms with E-state index >= 15 is 0 Å². The summed E-state index contributed by atoms with van der Waals surface area (Å²) < 4.78 is 14.7.